The van der Waals surface area contributed by atoms with Gasteiger partial charge in [0.05, 0.1) is 6.61 Å². The van der Waals surface area contributed by atoms with Gasteiger partial charge in [-0.2, -0.15) is 0 Å². The second-order valence-corrected chi connectivity index (χ2v) is 4.29. The number of aliphatic hydroxyl groups is 1. The van der Waals surface area contributed by atoms with Crippen LogP contribution in [0.1, 0.15) is 24.1 Å². The zero-order valence-electron chi connectivity index (χ0n) is 9.43. The second-order valence-electron chi connectivity index (χ2n) is 4.29. The smallest absolute Gasteiger partial charge is 0.189 e. The molecule has 0 atom stereocenters. The van der Waals surface area contributed by atoms with Gasteiger partial charge in [0.2, 0.25) is 0 Å². The van der Waals surface area contributed by atoms with E-state index in [0.29, 0.717) is 12.2 Å². The summed E-state index contributed by atoms with van der Waals surface area (Å²) in [6.07, 6.45) is 3.54. The number of pyridine rings is 1. The molecule has 1 saturated carbocycles. The second kappa shape index (κ2) is 4.68. The predicted octanol–water partition coefficient (Wildman–Crippen LogP) is -0.209. The van der Waals surface area contributed by atoms with Crippen LogP contribution in [-0.2, 0) is 6.54 Å². The third kappa shape index (κ3) is 2.54. The topological polar surface area (TPSA) is 104 Å². The Hall–Kier alpha value is -1.66. The summed E-state index contributed by atoms with van der Waals surface area (Å²) in [5, 5.41) is 24.1. The van der Waals surface area contributed by atoms with E-state index < -0.39 is 0 Å². The van der Waals surface area contributed by atoms with Gasteiger partial charge in [0.25, 0.3) is 0 Å². The Kier molecular flexibility index (Phi) is 3.26. The molecular formula is C11H16N4O2. The highest BCUT2D eigenvalue weighted by Gasteiger charge is 2.41. The number of rotatable bonds is 5. The summed E-state index contributed by atoms with van der Waals surface area (Å²) in [6.45, 7) is 0.673. The molecule has 6 nitrogen and oxygen atoms in total. The van der Waals surface area contributed by atoms with Gasteiger partial charge in [-0.1, -0.05) is 11.2 Å². The van der Waals surface area contributed by atoms with Crippen LogP contribution in [-0.4, -0.2) is 33.3 Å². The molecule has 0 radical (unpaired) electrons. The van der Waals surface area contributed by atoms with Crippen molar-refractivity contribution < 1.29 is 10.3 Å². The Morgan fingerprint density at radius 1 is 1.59 bits per heavy atom. The standard InChI is InChI=1S/C11H16N4O2/c12-10(15-17)9-8(2-1-5-13-9)6-14-11(7-16)3-4-11/h1-2,5,14,16-17H,3-4,6-7H2,(H2,12,15). The van der Waals surface area contributed by atoms with Gasteiger partial charge >= 0.3 is 0 Å². The maximum atomic E-state index is 9.19. The van der Waals surface area contributed by atoms with E-state index in [9.17, 15) is 5.11 Å². The number of aliphatic hydroxyl groups excluding tert-OH is 1. The lowest BCUT2D eigenvalue weighted by molar-refractivity contribution is 0.229. The first-order valence-electron chi connectivity index (χ1n) is 5.48. The van der Waals surface area contributed by atoms with Crippen LogP contribution in [0.25, 0.3) is 0 Å². The molecule has 92 valence electrons. The van der Waals surface area contributed by atoms with Crippen molar-refractivity contribution >= 4 is 5.84 Å². The highest BCUT2D eigenvalue weighted by molar-refractivity contribution is 5.96. The van der Waals surface area contributed by atoms with Crippen LogP contribution < -0.4 is 11.1 Å². The number of nitrogens with two attached hydrogens (primary N) is 1. The Morgan fingerprint density at radius 2 is 2.35 bits per heavy atom. The van der Waals surface area contributed by atoms with Crippen molar-refractivity contribution in [3.63, 3.8) is 0 Å². The van der Waals surface area contributed by atoms with E-state index in [0.717, 1.165) is 18.4 Å². The molecule has 5 N–H and O–H groups in total. The lowest BCUT2D eigenvalue weighted by atomic mass is 10.1. The van der Waals surface area contributed by atoms with Crippen LogP contribution in [0.2, 0.25) is 0 Å². The van der Waals surface area contributed by atoms with E-state index in [1.54, 1.807) is 12.3 Å². The fraction of sp³-hybridized carbons (Fsp3) is 0.455. The first-order chi connectivity index (χ1) is 8.21. The van der Waals surface area contributed by atoms with Crippen molar-refractivity contribution in [2.24, 2.45) is 10.9 Å². The van der Waals surface area contributed by atoms with Crippen LogP contribution in [0.4, 0.5) is 0 Å². The zero-order chi connectivity index (χ0) is 12.3. The van der Waals surface area contributed by atoms with Gasteiger partial charge in [0.15, 0.2) is 5.84 Å². The van der Waals surface area contributed by atoms with Crippen LogP contribution in [0.15, 0.2) is 23.5 Å². The molecule has 1 aromatic heterocycles. The van der Waals surface area contributed by atoms with Gasteiger partial charge in [0, 0.05) is 18.3 Å². The first kappa shape index (κ1) is 11.8. The number of oxime groups is 1. The highest BCUT2D eigenvalue weighted by atomic mass is 16.4. The molecule has 6 heteroatoms. The summed E-state index contributed by atoms with van der Waals surface area (Å²) in [5.74, 6) is -0.00348. The van der Waals surface area contributed by atoms with Crippen LogP contribution in [0, 0.1) is 0 Å². The molecular weight excluding hydrogens is 220 g/mol. The molecule has 0 spiro atoms. The predicted molar refractivity (Wildman–Crippen MR) is 62.6 cm³/mol. The minimum atomic E-state index is -0.141. The number of amidine groups is 1. The maximum Gasteiger partial charge on any atom is 0.189 e. The third-order valence-corrected chi connectivity index (χ3v) is 3.05. The largest absolute Gasteiger partial charge is 0.409 e. The van der Waals surface area contributed by atoms with Gasteiger partial charge in [-0.25, -0.2) is 0 Å². The van der Waals surface area contributed by atoms with Gasteiger partial charge in [-0.15, -0.1) is 0 Å². The molecule has 0 aliphatic heterocycles. The molecule has 17 heavy (non-hydrogen) atoms. The molecule has 1 fully saturated rings. The molecule has 0 aromatic carbocycles. The summed E-state index contributed by atoms with van der Waals surface area (Å²) in [4.78, 5) is 4.08. The van der Waals surface area contributed by atoms with Crippen molar-refractivity contribution in [1.29, 1.82) is 0 Å². The van der Waals surface area contributed by atoms with E-state index >= 15 is 0 Å². The number of hydrogen-bond donors (Lipinski definition) is 4. The molecule has 2 rings (SSSR count). The first-order valence-corrected chi connectivity index (χ1v) is 5.48. The average Bonchev–Trinajstić information content (AvgIpc) is 3.16. The van der Waals surface area contributed by atoms with Crippen LogP contribution in [0.3, 0.4) is 0 Å². The Bertz CT molecular complexity index is 429. The molecule has 1 aromatic rings. The summed E-state index contributed by atoms with van der Waals surface area (Å²) in [5.41, 5.74) is 6.72. The van der Waals surface area contributed by atoms with Gasteiger partial charge in [0.1, 0.15) is 5.69 Å². The molecule has 1 heterocycles. The Morgan fingerprint density at radius 3 is 2.94 bits per heavy atom. The van der Waals surface area contributed by atoms with Crippen molar-refractivity contribution in [2.45, 2.75) is 24.9 Å². The lowest BCUT2D eigenvalue weighted by Crippen LogP contribution is -2.35. The summed E-state index contributed by atoms with van der Waals surface area (Å²) in [6, 6.07) is 3.66. The fourth-order valence-corrected chi connectivity index (χ4v) is 1.68. The van der Waals surface area contributed by atoms with E-state index in [-0.39, 0.29) is 18.0 Å². The summed E-state index contributed by atoms with van der Waals surface area (Å²) < 4.78 is 0. The molecule has 1 aliphatic rings. The molecule has 1 aliphatic carbocycles. The SMILES string of the molecule is N/C(=N/O)c1ncccc1CNC1(CO)CC1. The van der Waals surface area contributed by atoms with Crippen molar-refractivity contribution in [3.05, 3.63) is 29.6 Å². The van der Waals surface area contributed by atoms with Crippen LogP contribution in [0.5, 0.6) is 0 Å². The van der Waals surface area contributed by atoms with Gasteiger partial charge in [-0.05, 0) is 24.5 Å². The number of nitrogens with zero attached hydrogens (tertiary/aromatic N) is 2. The lowest BCUT2D eigenvalue weighted by Gasteiger charge is -2.15. The number of hydrogen-bond acceptors (Lipinski definition) is 5. The van der Waals surface area contributed by atoms with E-state index in [1.807, 2.05) is 6.07 Å². The van der Waals surface area contributed by atoms with Crippen molar-refractivity contribution in [2.75, 3.05) is 6.61 Å². The minimum absolute atomic E-state index is 0.00348. The Labute approximate surface area is 99.2 Å². The van der Waals surface area contributed by atoms with E-state index in [1.165, 1.54) is 0 Å². The van der Waals surface area contributed by atoms with E-state index in [4.69, 9.17) is 10.9 Å². The molecule has 0 amide bonds. The summed E-state index contributed by atoms with van der Waals surface area (Å²) >= 11 is 0. The monoisotopic (exact) mass is 236 g/mol. The quantitative estimate of drug-likeness (QED) is 0.245. The normalized spacial score (nSPS) is 18.1. The zero-order valence-corrected chi connectivity index (χ0v) is 9.43. The maximum absolute atomic E-state index is 9.19. The van der Waals surface area contributed by atoms with Gasteiger partial charge in [-0.3, -0.25) is 4.98 Å². The minimum Gasteiger partial charge on any atom is -0.409 e. The average molecular weight is 236 g/mol. The number of aromatic nitrogens is 1. The van der Waals surface area contributed by atoms with Crippen LogP contribution >= 0.6 is 0 Å². The molecule has 0 unspecified atom stereocenters. The van der Waals surface area contributed by atoms with Gasteiger partial charge < -0.3 is 21.4 Å². The Balaban J connectivity index is 2.10. The van der Waals surface area contributed by atoms with Crippen molar-refractivity contribution in [3.8, 4) is 0 Å². The molecule has 0 saturated heterocycles. The number of nitrogens with one attached hydrogen (secondary N) is 1. The van der Waals surface area contributed by atoms with Crippen molar-refractivity contribution in [1.82, 2.24) is 10.3 Å². The highest BCUT2D eigenvalue weighted by Crippen LogP contribution is 2.34. The third-order valence-electron chi connectivity index (χ3n) is 3.05. The summed E-state index contributed by atoms with van der Waals surface area (Å²) in [7, 11) is 0. The molecule has 0 bridgehead atoms. The fourth-order valence-electron chi connectivity index (χ4n) is 1.68. The van der Waals surface area contributed by atoms with E-state index in [2.05, 4.69) is 15.5 Å².